The van der Waals surface area contributed by atoms with Crippen LogP contribution in [0.2, 0.25) is 0 Å². The second-order valence-corrected chi connectivity index (χ2v) is 10.2. The van der Waals surface area contributed by atoms with Crippen molar-refractivity contribution >= 4 is 47.5 Å². The van der Waals surface area contributed by atoms with Crippen LogP contribution in [0.3, 0.4) is 0 Å². The lowest BCUT2D eigenvalue weighted by Gasteiger charge is -2.48. The number of methoxy groups -OCH3 is 1. The first-order valence-electron chi connectivity index (χ1n) is 12.2. The van der Waals surface area contributed by atoms with Crippen LogP contribution in [0.15, 0.2) is 35.2 Å². The van der Waals surface area contributed by atoms with E-state index in [0.29, 0.717) is 4.90 Å². The molecule has 6 atom stereocenters. The Kier molecular flexibility index (Phi) is 11.9. The SMILES string of the molecule is COC(=O)C1(Sc2ccccc2)CC(OC(C)=O)C(NC(C)=O)C([C@H](OC(C)=O)[C@@H](COC(C)=O)OC(C)=O)O1. The fourth-order valence-corrected chi connectivity index (χ4v) is 5.43. The van der Waals surface area contributed by atoms with Crippen molar-refractivity contribution in [1.82, 2.24) is 5.32 Å². The number of hydrogen-bond donors (Lipinski definition) is 1. The summed E-state index contributed by atoms with van der Waals surface area (Å²) in [6.45, 7) is 5.07. The zero-order valence-electron chi connectivity index (χ0n) is 23.0. The van der Waals surface area contributed by atoms with E-state index in [1.54, 1.807) is 30.3 Å². The standard InChI is InChI=1S/C26H33NO12S/c1-14(28)27-22-20(36-16(3)30)12-26(25(33)34-6,40-19-10-8-7-9-11-19)39-24(22)23(38-18(5)32)21(37-17(4)31)13-35-15(2)29/h7-11,20-24H,12-13H2,1-6H3,(H,27,28)/t20?,21-,22?,23-,24?,26?/m1/s1. The molecule has 1 aliphatic heterocycles. The molecule has 13 nitrogen and oxygen atoms in total. The van der Waals surface area contributed by atoms with E-state index >= 15 is 0 Å². The van der Waals surface area contributed by atoms with E-state index in [1.807, 2.05) is 0 Å². The Bertz CT molecular complexity index is 1100. The number of ether oxygens (including phenoxy) is 6. The van der Waals surface area contributed by atoms with Gasteiger partial charge in [-0.2, -0.15) is 0 Å². The van der Waals surface area contributed by atoms with Gasteiger partial charge in [-0.3, -0.25) is 24.0 Å². The molecule has 1 N–H and O–H groups in total. The van der Waals surface area contributed by atoms with Gasteiger partial charge in [-0.15, -0.1) is 0 Å². The summed E-state index contributed by atoms with van der Waals surface area (Å²) >= 11 is 0.946. The summed E-state index contributed by atoms with van der Waals surface area (Å²) < 4.78 is 32.9. The third-order valence-corrected chi connectivity index (χ3v) is 6.79. The highest BCUT2D eigenvalue weighted by Crippen LogP contribution is 2.45. The molecule has 220 valence electrons. The van der Waals surface area contributed by atoms with Crippen molar-refractivity contribution in [1.29, 1.82) is 0 Å². The molecule has 1 saturated heterocycles. The molecule has 1 aliphatic rings. The Morgan fingerprint density at radius 3 is 2.08 bits per heavy atom. The molecule has 0 aromatic heterocycles. The Hall–Kier alpha value is -3.65. The van der Waals surface area contributed by atoms with E-state index in [4.69, 9.17) is 28.4 Å². The van der Waals surface area contributed by atoms with Crippen LogP contribution in [-0.4, -0.2) is 84.9 Å². The first kappa shape index (κ1) is 32.6. The highest BCUT2D eigenvalue weighted by atomic mass is 32.2. The van der Waals surface area contributed by atoms with Gasteiger partial charge in [0.2, 0.25) is 10.8 Å². The third kappa shape index (κ3) is 9.23. The van der Waals surface area contributed by atoms with Gasteiger partial charge < -0.3 is 33.7 Å². The third-order valence-electron chi connectivity index (χ3n) is 5.52. The van der Waals surface area contributed by atoms with Gasteiger partial charge >= 0.3 is 29.8 Å². The number of hydrogen-bond acceptors (Lipinski definition) is 13. The smallest absolute Gasteiger partial charge is 0.349 e. The van der Waals surface area contributed by atoms with E-state index in [0.717, 1.165) is 46.6 Å². The lowest BCUT2D eigenvalue weighted by atomic mass is 9.89. The zero-order valence-corrected chi connectivity index (χ0v) is 23.8. The molecule has 1 aromatic rings. The molecule has 4 unspecified atom stereocenters. The van der Waals surface area contributed by atoms with E-state index in [2.05, 4.69) is 5.32 Å². The van der Waals surface area contributed by atoms with E-state index < -0.39 is 77.8 Å². The first-order valence-corrected chi connectivity index (χ1v) is 13.0. The Labute approximate surface area is 235 Å². The molecular formula is C26H33NO12S. The monoisotopic (exact) mass is 583 g/mol. The van der Waals surface area contributed by atoms with Gasteiger partial charge in [0.1, 0.15) is 18.8 Å². The van der Waals surface area contributed by atoms with Crippen LogP contribution in [0.5, 0.6) is 0 Å². The van der Waals surface area contributed by atoms with Gasteiger partial charge in [0.05, 0.1) is 13.2 Å². The van der Waals surface area contributed by atoms with E-state index in [9.17, 15) is 28.8 Å². The summed E-state index contributed by atoms with van der Waals surface area (Å²) in [4.78, 5) is 72.3. The normalized spacial score (nSPS) is 23.5. The molecule has 0 saturated carbocycles. The lowest BCUT2D eigenvalue weighted by molar-refractivity contribution is -0.224. The van der Waals surface area contributed by atoms with Crippen molar-refractivity contribution in [3.8, 4) is 0 Å². The molecule has 14 heteroatoms. The maximum absolute atomic E-state index is 13.3. The number of esters is 5. The van der Waals surface area contributed by atoms with Gasteiger partial charge in [0, 0.05) is 45.9 Å². The number of rotatable bonds is 11. The molecule has 0 bridgehead atoms. The molecular weight excluding hydrogens is 550 g/mol. The number of carbonyl (C=O) groups is 6. The summed E-state index contributed by atoms with van der Waals surface area (Å²) in [6, 6.07) is 7.43. The predicted molar refractivity (Wildman–Crippen MR) is 137 cm³/mol. The van der Waals surface area contributed by atoms with E-state index in [1.165, 1.54) is 6.92 Å². The molecule has 0 aliphatic carbocycles. The molecule has 2 rings (SSSR count). The quantitative estimate of drug-likeness (QED) is 0.292. The maximum Gasteiger partial charge on any atom is 0.349 e. The molecule has 0 spiro atoms. The summed E-state index contributed by atoms with van der Waals surface area (Å²) in [6.07, 6.45) is -5.98. The van der Waals surface area contributed by atoms with Crippen LogP contribution < -0.4 is 5.32 Å². The van der Waals surface area contributed by atoms with Gasteiger partial charge in [0.25, 0.3) is 0 Å². The number of amides is 1. The van der Waals surface area contributed by atoms with Crippen molar-refractivity contribution in [2.24, 2.45) is 0 Å². The number of benzene rings is 1. The highest BCUT2D eigenvalue weighted by molar-refractivity contribution is 8.01. The van der Waals surface area contributed by atoms with Crippen LogP contribution in [0, 0.1) is 0 Å². The summed E-state index contributed by atoms with van der Waals surface area (Å²) in [5, 5.41) is 2.63. The predicted octanol–water partition coefficient (Wildman–Crippen LogP) is 1.30. The number of carbonyl (C=O) groups excluding carboxylic acids is 6. The van der Waals surface area contributed by atoms with Crippen LogP contribution >= 0.6 is 11.8 Å². The minimum atomic E-state index is -1.89. The fraction of sp³-hybridized carbons (Fsp3) is 0.538. The van der Waals surface area contributed by atoms with Gasteiger partial charge in [-0.05, 0) is 12.1 Å². The topological polar surface area (TPSA) is 170 Å². The van der Waals surface area contributed by atoms with Crippen molar-refractivity contribution in [2.45, 2.75) is 81.3 Å². The summed E-state index contributed by atoms with van der Waals surface area (Å²) in [7, 11) is 1.14. The fourth-order valence-electron chi connectivity index (χ4n) is 4.18. The van der Waals surface area contributed by atoms with Crippen LogP contribution in [-0.2, 0) is 57.2 Å². The second kappa shape index (κ2) is 14.7. The van der Waals surface area contributed by atoms with Crippen molar-refractivity contribution in [3.63, 3.8) is 0 Å². The van der Waals surface area contributed by atoms with E-state index in [-0.39, 0.29) is 6.42 Å². The van der Waals surface area contributed by atoms with Gasteiger partial charge in [0.15, 0.2) is 12.2 Å². The molecule has 1 fully saturated rings. The molecule has 0 radical (unpaired) electrons. The van der Waals surface area contributed by atoms with Crippen LogP contribution in [0.25, 0.3) is 0 Å². The minimum absolute atomic E-state index is 0.283. The van der Waals surface area contributed by atoms with Crippen LogP contribution in [0.1, 0.15) is 41.0 Å². The maximum atomic E-state index is 13.3. The Balaban J connectivity index is 2.76. The van der Waals surface area contributed by atoms with Crippen molar-refractivity contribution in [2.75, 3.05) is 13.7 Å². The molecule has 1 amide bonds. The average molecular weight is 584 g/mol. The second-order valence-electron chi connectivity index (χ2n) is 8.84. The summed E-state index contributed by atoms with van der Waals surface area (Å²) in [5.41, 5.74) is 0. The Morgan fingerprint density at radius 1 is 0.950 bits per heavy atom. The summed E-state index contributed by atoms with van der Waals surface area (Å²) in [5.74, 6) is -4.54. The zero-order chi connectivity index (χ0) is 30.0. The molecule has 1 aromatic carbocycles. The lowest BCUT2D eigenvalue weighted by Crippen LogP contribution is -2.68. The van der Waals surface area contributed by atoms with Gasteiger partial charge in [-0.25, -0.2) is 4.79 Å². The first-order chi connectivity index (χ1) is 18.8. The largest absolute Gasteiger partial charge is 0.466 e. The van der Waals surface area contributed by atoms with Crippen molar-refractivity contribution < 1.29 is 57.2 Å². The average Bonchev–Trinajstić information content (AvgIpc) is 2.85. The minimum Gasteiger partial charge on any atom is -0.466 e. The highest BCUT2D eigenvalue weighted by Gasteiger charge is 2.58. The van der Waals surface area contributed by atoms with Crippen LogP contribution in [0.4, 0.5) is 0 Å². The number of thioether (sulfide) groups is 1. The van der Waals surface area contributed by atoms with Crippen molar-refractivity contribution in [3.05, 3.63) is 30.3 Å². The molecule has 40 heavy (non-hydrogen) atoms. The van der Waals surface area contributed by atoms with Gasteiger partial charge in [-0.1, -0.05) is 30.0 Å². The number of nitrogens with one attached hydrogen (secondary N) is 1. The molecule has 1 heterocycles. The Morgan fingerprint density at radius 2 is 1.57 bits per heavy atom.